The van der Waals surface area contributed by atoms with E-state index < -0.39 is 41.4 Å². The van der Waals surface area contributed by atoms with Gasteiger partial charge in [0, 0.05) is 73.5 Å². The van der Waals surface area contributed by atoms with E-state index in [1.54, 1.807) is 54.6 Å². The lowest BCUT2D eigenvalue weighted by atomic mass is 9.81. The van der Waals surface area contributed by atoms with Gasteiger partial charge in [-0.25, -0.2) is 14.4 Å². The van der Waals surface area contributed by atoms with Crippen LogP contribution in [0.15, 0.2) is 115 Å². The van der Waals surface area contributed by atoms with E-state index >= 15 is 4.79 Å². The quantitative estimate of drug-likeness (QED) is 0.00706. The number of benzene rings is 9. The Kier molecular flexibility index (Phi) is 19.8. The van der Waals surface area contributed by atoms with E-state index in [-0.39, 0.29) is 86.3 Å². The van der Waals surface area contributed by atoms with Crippen LogP contribution in [0.3, 0.4) is 0 Å². The second-order valence-electron chi connectivity index (χ2n) is 24.7. The summed E-state index contributed by atoms with van der Waals surface area (Å²) in [6, 6.07) is 34.5. The number of alkyl carbamates (subject to hydrolysis) is 2. The smallest absolute Gasteiger partial charge is 0.407 e. The molecule has 17 nitrogen and oxygen atoms in total. The van der Waals surface area contributed by atoms with Gasteiger partial charge in [0.25, 0.3) is 17.7 Å². The average molecular weight is 1240 g/mol. The SMILES string of the molecule is CCCCOC(=O)NCCc1ccc(Oc2cc3c4c(ccc5c6c(Oc7ccc(CCNC(=O)OCCCC)cc7)c(C(=O)O)c(C(=N)Nc7c(C(C)C)cccc7C(C)C)c7c(C(=O)Nc8c(C(C)C)cccc8C(C)C)ccc(c2c45)c76)C(=O)NC3=O)cc1. The molecule has 0 aromatic heterocycles. The first kappa shape index (κ1) is 64.9. The molecule has 0 unspecified atom stereocenters. The van der Waals surface area contributed by atoms with Gasteiger partial charge in [-0.1, -0.05) is 155 Å². The number of amidine groups is 1. The first-order valence-corrected chi connectivity index (χ1v) is 31.9. The number of amides is 5. The van der Waals surface area contributed by atoms with Crippen molar-refractivity contribution in [2.45, 2.75) is 131 Å². The summed E-state index contributed by atoms with van der Waals surface area (Å²) in [5.41, 5.74) is 6.27. The van der Waals surface area contributed by atoms with Gasteiger partial charge in [0.05, 0.1) is 18.8 Å². The zero-order valence-electron chi connectivity index (χ0n) is 53.9. The number of carboxylic acids is 1. The molecular formula is C75H80N6O11. The molecule has 7 N–H and O–H groups in total. The van der Waals surface area contributed by atoms with Crippen LogP contribution in [0.5, 0.6) is 23.0 Å². The van der Waals surface area contributed by atoms with E-state index in [2.05, 4.69) is 54.3 Å². The van der Waals surface area contributed by atoms with Crippen LogP contribution in [0.1, 0.15) is 199 Å². The van der Waals surface area contributed by atoms with Crippen molar-refractivity contribution < 1.29 is 52.8 Å². The maximum Gasteiger partial charge on any atom is 0.407 e. The molecule has 0 fully saturated rings. The third-order valence-electron chi connectivity index (χ3n) is 17.0. The van der Waals surface area contributed by atoms with Crippen molar-refractivity contribution in [3.05, 3.63) is 176 Å². The number of rotatable bonds is 25. The van der Waals surface area contributed by atoms with E-state index in [4.69, 9.17) is 18.9 Å². The molecule has 5 amide bonds. The molecule has 92 heavy (non-hydrogen) atoms. The second-order valence-corrected chi connectivity index (χ2v) is 24.7. The largest absolute Gasteiger partial charge is 0.478 e. The molecule has 1 aliphatic heterocycles. The first-order valence-electron chi connectivity index (χ1n) is 31.9. The molecule has 9 aromatic rings. The van der Waals surface area contributed by atoms with Gasteiger partial charge in [0.1, 0.15) is 28.6 Å². The Balaban J connectivity index is 1.27. The molecule has 1 heterocycles. The van der Waals surface area contributed by atoms with Gasteiger partial charge in [0.2, 0.25) is 0 Å². The average Bonchev–Trinajstić information content (AvgIpc) is 0.683. The van der Waals surface area contributed by atoms with Gasteiger partial charge >= 0.3 is 18.2 Å². The Hall–Kier alpha value is -10.0. The number of unbranched alkanes of at least 4 members (excludes halogenated alkanes) is 2. The van der Waals surface area contributed by atoms with Crippen LogP contribution in [0.25, 0.3) is 43.1 Å². The lowest BCUT2D eigenvalue weighted by Gasteiger charge is -2.27. The van der Waals surface area contributed by atoms with Gasteiger partial charge in [0.15, 0.2) is 5.75 Å². The predicted octanol–water partition coefficient (Wildman–Crippen LogP) is 17.2. The molecule has 0 saturated heterocycles. The highest BCUT2D eigenvalue weighted by molar-refractivity contribution is 6.43. The molecule has 10 rings (SSSR count). The molecule has 0 atom stereocenters. The van der Waals surface area contributed by atoms with Crippen molar-refractivity contribution in [3.8, 4) is 23.0 Å². The summed E-state index contributed by atoms with van der Waals surface area (Å²) >= 11 is 0. The van der Waals surface area contributed by atoms with Crippen LogP contribution < -0.4 is 36.1 Å². The van der Waals surface area contributed by atoms with Gasteiger partial charge in [-0.05, 0) is 136 Å². The van der Waals surface area contributed by atoms with Gasteiger partial charge in [-0.3, -0.25) is 25.1 Å². The zero-order chi connectivity index (χ0) is 65.7. The van der Waals surface area contributed by atoms with E-state index in [1.807, 2.05) is 102 Å². The van der Waals surface area contributed by atoms with Crippen molar-refractivity contribution in [2.24, 2.45) is 0 Å². The van der Waals surface area contributed by atoms with Crippen LogP contribution in [0.4, 0.5) is 21.0 Å². The highest BCUT2D eigenvalue weighted by atomic mass is 16.6. The topological polar surface area (TPSA) is 244 Å². The van der Waals surface area contributed by atoms with Crippen molar-refractivity contribution >= 4 is 96.2 Å². The lowest BCUT2D eigenvalue weighted by Crippen LogP contribution is -2.34. The summed E-state index contributed by atoms with van der Waals surface area (Å²) in [7, 11) is 0. The van der Waals surface area contributed by atoms with Crippen molar-refractivity contribution in [1.82, 2.24) is 16.0 Å². The predicted molar refractivity (Wildman–Crippen MR) is 363 cm³/mol. The Bertz CT molecular complexity index is 4290. The highest BCUT2D eigenvalue weighted by Gasteiger charge is 2.36. The molecular weight excluding hydrogens is 1160 g/mol. The maximum absolute atomic E-state index is 16.0. The minimum atomic E-state index is -1.48. The zero-order valence-corrected chi connectivity index (χ0v) is 53.9. The van der Waals surface area contributed by atoms with E-state index in [0.717, 1.165) is 59.1 Å². The standard InChI is InChI=1S/C75H80N6O11/c1-11-13-37-89-74(87)77-35-33-44-21-25-46(26-22-44)91-57-39-56-58-54(71(83)81-72(56)84)31-30-53-60(58)59(57)52-29-32-55(70(82)80-67-50(42(7)8)19-16-20-51(67)43(9)10)62-61(52)63(53)68(92-47-27-23-45(24-28-47)34-36-78-75(88)90-38-14-12-2)65(73(85)86)64(62)69(76)79-66-48(40(3)4)17-15-18-49(66)41(5)6/h15-32,39-43H,11-14,33-38H2,1-10H3,(H2,76,79)(H,77,87)(H,78,88)(H,80,82)(H,85,86)(H,81,83,84). The van der Waals surface area contributed by atoms with Crippen LogP contribution in [0.2, 0.25) is 0 Å². The molecule has 0 spiro atoms. The second kappa shape index (κ2) is 28.0. The minimum absolute atomic E-state index is 0.0160. The summed E-state index contributed by atoms with van der Waals surface area (Å²) < 4.78 is 24.6. The fourth-order valence-electron chi connectivity index (χ4n) is 12.3. The molecule has 9 aromatic carbocycles. The molecule has 1 aliphatic rings. The van der Waals surface area contributed by atoms with Crippen LogP contribution in [0, 0.1) is 5.41 Å². The number of para-hydroxylation sites is 2. The third-order valence-corrected chi connectivity index (χ3v) is 17.0. The van der Waals surface area contributed by atoms with Crippen LogP contribution in [-0.2, 0) is 22.3 Å². The monoisotopic (exact) mass is 1240 g/mol. The Morgan fingerprint density at radius 1 is 0.522 bits per heavy atom. The van der Waals surface area contributed by atoms with Crippen molar-refractivity contribution in [1.29, 1.82) is 5.41 Å². The summed E-state index contributed by atoms with van der Waals surface area (Å²) in [5, 5.41) is 40.1. The maximum atomic E-state index is 16.0. The Morgan fingerprint density at radius 3 is 1.49 bits per heavy atom. The Morgan fingerprint density at radius 2 is 0.989 bits per heavy atom. The van der Waals surface area contributed by atoms with E-state index in [9.17, 15) is 34.5 Å². The molecule has 0 bridgehead atoms. The number of carbonyl (C=O) groups excluding carboxylic acids is 5. The number of anilines is 2. The van der Waals surface area contributed by atoms with Crippen LogP contribution >= 0.6 is 0 Å². The Labute approximate surface area is 535 Å². The van der Waals surface area contributed by atoms with Gasteiger partial charge in [-0.15, -0.1) is 0 Å². The number of carboxylic acid groups (broad SMARTS) is 1. The third kappa shape index (κ3) is 13.3. The number of imide groups is 1. The number of hydrogen-bond acceptors (Lipinski definition) is 11. The normalized spacial score (nSPS) is 12.2. The van der Waals surface area contributed by atoms with Crippen molar-refractivity contribution in [3.63, 3.8) is 0 Å². The minimum Gasteiger partial charge on any atom is -0.478 e. The van der Waals surface area contributed by atoms with E-state index in [0.29, 0.717) is 82.0 Å². The molecule has 17 heteroatoms. The number of carbonyl (C=O) groups is 6. The molecule has 476 valence electrons. The summed E-state index contributed by atoms with van der Waals surface area (Å²) in [4.78, 5) is 84.1. The van der Waals surface area contributed by atoms with Gasteiger partial charge in [-0.2, -0.15) is 0 Å². The lowest BCUT2D eigenvalue weighted by molar-refractivity contribution is 0.0692. The fourth-order valence-corrected chi connectivity index (χ4v) is 12.3. The number of ether oxygens (including phenoxy) is 4. The van der Waals surface area contributed by atoms with E-state index in [1.165, 1.54) is 0 Å². The molecule has 0 aliphatic carbocycles. The number of hydrogen-bond donors (Lipinski definition) is 7. The fraction of sp³-hybridized carbons (Fsp3) is 0.320. The van der Waals surface area contributed by atoms with Gasteiger partial charge < -0.3 is 45.3 Å². The first-order chi connectivity index (χ1) is 44.2. The highest BCUT2D eigenvalue weighted by Crippen LogP contribution is 2.54. The number of nitrogens with one attached hydrogen (secondary N) is 6. The summed E-state index contributed by atoms with van der Waals surface area (Å²) in [6.45, 7) is 21.7. The number of aromatic carboxylic acids is 1. The summed E-state index contributed by atoms with van der Waals surface area (Å²) in [6.07, 6.45) is 3.21. The molecule has 0 saturated carbocycles. The summed E-state index contributed by atoms with van der Waals surface area (Å²) in [5.74, 6) is -3.19. The number of fused-ring (bicyclic) bond motifs is 2. The van der Waals surface area contributed by atoms with Crippen molar-refractivity contribution in [2.75, 3.05) is 36.9 Å². The van der Waals surface area contributed by atoms with Crippen LogP contribution in [-0.4, -0.2) is 73.1 Å². The molecule has 0 radical (unpaired) electrons.